The average Bonchev–Trinajstić information content (AvgIpc) is 2.33. The first kappa shape index (κ1) is 16.3. The molecule has 0 aliphatic heterocycles. The highest BCUT2D eigenvalue weighted by Gasteiger charge is 2.15. The highest BCUT2D eigenvalue weighted by atomic mass is 79.9. The van der Waals surface area contributed by atoms with E-state index in [1.165, 1.54) is 0 Å². The largest absolute Gasteiger partial charge is 0.479 e. The van der Waals surface area contributed by atoms with Gasteiger partial charge in [-0.1, -0.05) is 15.9 Å². The van der Waals surface area contributed by atoms with E-state index in [9.17, 15) is 18.4 Å². The van der Waals surface area contributed by atoms with Crippen molar-refractivity contribution in [3.05, 3.63) is 28.2 Å². The maximum Gasteiger partial charge on any atom is 0.332 e. The SMILES string of the molecule is O=C(NCC[C@H](O)C(=O)O)Nc1c(F)cc(Br)cc1F. The molecule has 20 heavy (non-hydrogen) atoms. The Bertz CT molecular complexity index is 504. The van der Waals surface area contributed by atoms with Crippen molar-refractivity contribution >= 4 is 33.6 Å². The molecule has 2 amide bonds. The first-order valence-electron chi connectivity index (χ1n) is 5.41. The lowest BCUT2D eigenvalue weighted by Gasteiger charge is -2.10. The van der Waals surface area contributed by atoms with Crippen molar-refractivity contribution in [1.29, 1.82) is 0 Å². The van der Waals surface area contributed by atoms with Crippen LogP contribution in [0.5, 0.6) is 0 Å². The Hall–Kier alpha value is -1.74. The lowest BCUT2D eigenvalue weighted by atomic mass is 10.2. The van der Waals surface area contributed by atoms with Gasteiger partial charge >= 0.3 is 12.0 Å². The monoisotopic (exact) mass is 352 g/mol. The third-order valence-electron chi connectivity index (χ3n) is 2.23. The van der Waals surface area contributed by atoms with E-state index in [1.807, 2.05) is 5.32 Å². The average molecular weight is 353 g/mol. The number of nitrogens with one attached hydrogen (secondary N) is 2. The van der Waals surface area contributed by atoms with Crippen molar-refractivity contribution < 1.29 is 28.6 Å². The van der Waals surface area contributed by atoms with Gasteiger partial charge in [-0.15, -0.1) is 0 Å². The van der Waals surface area contributed by atoms with Crippen LogP contribution >= 0.6 is 15.9 Å². The van der Waals surface area contributed by atoms with Gasteiger partial charge in [-0.25, -0.2) is 18.4 Å². The smallest absolute Gasteiger partial charge is 0.332 e. The van der Waals surface area contributed by atoms with E-state index in [0.29, 0.717) is 0 Å². The van der Waals surface area contributed by atoms with E-state index in [4.69, 9.17) is 10.2 Å². The number of urea groups is 1. The van der Waals surface area contributed by atoms with Gasteiger partial charge in [0, 0.05) is 17.4 Å². The van der Waals surface area contributed by atoms with E-state index in [0.717, 1.165) is 12.1 Å². The summed E-state index contributed by atoms with van der Waals surface area (Å²) in [6.07, 6.45) is -1.84. The van der Waals surface area contributed by atoms with Gasteiger partial charge in [-0.05, 0) is 12.1 Å². The van der Waals surface area contributed by atoms with Gasteiger partial charge in [0.1, 0.15) is 5.69 Å². The first-order valence-corrected chi connectivity index (χ1v) is 6.21. The Morgan fingerprint density at radius 1 is 1.30 bits per heavy atom. The summed E-state index contributed by atoms with van der Waals surface area (Å²) in [5.74, 6) is -3.34. The van der Waals surface area contributed by atoms with Gasteiger partial charge in [-0.3, -0.25) is 0 Å². The van der Waals surface area contributed by atoms with E-state index >= 15 is 0 Å². The van der Waals surface area contributed by atoms with Crippen molar-refractivity contribution in [2.24, 2.45) is 0 Å². The fourth-order valence-corrected chi connectivity index (χ4v) is 1.67. The van der Waals surface area contributed by atoms with Crippen molar-refractivity contribution in [2.45, 2.75) is 12.5 Å². The number of hydrogen-bond acceptors (Lipinski definition) is 3. The Kier molecular flexibility index (Phi) is 5.83. The molecule has 0 spiro atoms. The van der Waals surface area contributed by atoms with Gasteiger partial charge in [-0.2, -0.15) is 0 Å². The third-order valence-corrected chi connectivity index (χ3v) is 2.69. The van der Waals surface area contributed by atoms with E-state index in [1.54, 1.807) is 0 Å². The Morgan fingerprint density at radius 3 is 2.35 bits per heavy atom. The molecule has 0 saturated heterocycles. The first-order chi connectivity index (χ1) is 9.31. The van der Waals surface area contributed by atoms with Gasteiger partial charge in [0.15, 0.2) is 17.7 Å². The maximum absolute atomic E-state index is 13.4. The van der Waals surface area contributed by atoms with Crippen LogP contribution in [0.3, 0.4) is 0 Å². The van der Waals surface area contributed by atoms with Crippen molar-refractivity contribution in [3.8, 4) is 0 Å². The Balaban J connectivity index is 2.53. The van der Waals surface area contributed by atoms with Gasteiger partial charge in [0.25, 0.3) is 0 Å². The second-order valence-electron chi connectivity index (χ2n) is 3.77. The van der Waals surface area contributed by atoms with E-state index in [2.05, 4.69) is 21.2 Å². The number of anilines is 1. The van der Waals surface area contributed by atoms with Crippen molar-refractivity contribution in [1.82, 2.24) is 5.32 Å². The molecule has 0 heterocycles. The molecule has 0 fully saturated rings. The second kappa shape index (κ2) is 7.15. The molecule has 0 radical (unpaired) electrons. The van der Waals surface area contributed by atoms with Gasteiger partial charge in [0.05, 0.1) is 0 Å². The normalized spacial score (nSPS) is 11.8. The molecule has 0 aliphatic carbocycles. The van der Waals surface area contributed by atoms with Crippen molar-refractivity contribution in [3.63, 3.8) is 0 Å². The zero-order valence-electron chi connectivity index (χ0n) is 9.99. The van der Waals surface area contributed by atoms with Crippen LogP contribution < -0.4 is 10.6 Å². The number of hydrogen-bond donors (Lipinski definition) is 4. The fourth-order valence-electron chi connectivity index (χ4n) is 1.27. The van der Waals surface area contributed by atoms with Crippen LogP contribution in [0.15, 0.2) is 16.6 Å². The minimum absolute atomic E-state index is 0.168. The molecular formula is C11H11BrF2N2O4. The third kappa shape index (κ3) is 4.74. The number of carbonyl (C=O) groups excluding carboxylic acids is 1. The molecule has 1 rings (SSSR count). The summed E-state index contributed by atoms with van der Waals surface area (Å²) in [5.41, 5.74) is -0.621. The van der Waals surface area contributed by atoms with Crippen LogP contribution in [0.4, 0.5) is 19.3 Å². The summed E-state index contributed by atoms with van der Waals surface area (Å²) < 4.78 is 27.0. The molecule has 1 atom stereocenters. The maximum atomic E-state index is 13.4. The quantitative estimate of drug-likeness (QED) is 0.647. The fraction of sp³-hybridized carbons (Fsp3) is 0.273. The summed E-state index contributed by atoms with van der Waals surface area (Å²) in [6, 6.07) is 1.04. The number of carboxylic acid groups (broad SMARTS) is 1. The van der Waals surface area contributed by atoms with E-state index < -0.39 is 35.4 Å². The summed E-state index contributed by atoms with van der Waals surface area (Å²) in [5, 5.41) is 21.5. The van der Waals surface area contributed by atoms with Crippen LogP contribution in [0, 0.1) is 11.6 Å². The number of benzene rings is 1. The summed E-state index contributed by atoms with van der Waals surface area (Å²) >= 11 is 2.89. The summed E-state index contributed by atoms with van der Waals surface area (Å²) in [7, 11) is 0. The zero-order valence-corrected chi connectivity index (χ0v) is 11.6. The lowest BCUT2D eigenvalue weighted by molar-refractivity contribution is -0.146. The molecule has 0 aliphatic rings. The molecule has 110 valence electrons. The molecule has 0 unspecified atom stereocenters. The van der Waals surface area contributed by atoms with Crippen LogP contribution in [0.2, 0.25) is 0 Å². The molecule has 0 bridgehead atoms. The van der Waals surface area contributed by atoms with Crippen LogP contribution in [-0.4, -0.2) is 34.9 Å². The molecular weight excluding hydrogens is 342 g/mol. The van der Waals surface area contributed by atoms with Crippen LogP contribution in [0.1, 0.15) is 6.42 Å². The molecule has 4 N–H and O–H groups in total. The minimum atomic E-state index is -1.61. The number of rotatable bonds is 5. The minimum Gasteiger partial charge on any atom is -0.479 e. The van der Waals surface area contributed by atoms with E-state index in [-0.39, 0.29) is 17.4 Å². The summed E-state index contributed by atoms with van der Waals surface area (Å²) in [6.45, 7) is -0.168. The Morgan fingerprint density at radius 2 is 1.85 bits per heavy atom. The zero-order chi connectivity index (χ0) is 15.3. The second-order valence-corrected chi connectivity index (χ2v) is 4.68. The molecule has 6 nitrogen and oxygen atoms in total. The van der Waals surface area contributed by atoms with Crippen molar-refractivity contribution in [2.75, 3.05) is 11.9 Å². The highest BCUT2D eigenvalue weighted by molar-refractivity contribution is 9.10. The molecule has 0 aromatic heterocycles. The summed E-state index contributed by atoms with van der Waals surface area (Å²) in [4.78, 5) is 21.7. The molecule has 1 aromatic rings. The molecule has 0 saturated carbocycles. The number of aliphatic hydroxyl groups is 1. The standard InChI is InChI=1S/C11H11BrF2N2O4/c12-5-3-6(13)9(7(14)4-5)16-11(20)15-2-1-8(17)10(18)19/h3-4,8,17H,1-2H2,(H,18,19)(H2,15,16,20)/t8-/m0/s1. The number of aliphatic hydroxyl groups excluding tert-OH is 1. The molecule has 1 aromatic carbocycles. The van der Waals surface area contributed by atoms with Crippen LogP contribution in [-0.2, 0) is 4.79 Å². The topological polar surface area (TPSA) is 98.7 Å². The lowest BCUT2D eigenvalue weighted by Crippen LogP contribution is -2.33. The van der Waals surface area contributed by atoms with Gasteiger partial charge < -0.3 is 20.8 Å². The number of carboxylic acids is 1. The van der Waals surface area contributed by atoms with Gasteiger partial charge in [0.2, 0.25) is 0 Å². The predicted octanol–water partition coefficient (Wildman–Crippen LogP) is 1.68. The highest BCUT2D eigenvalue weighted by Crippen LogP contribution is 2.23. The number of halogens is 3. The predicted molar refractivity (Wildman–Crippen MR) is 69.3 cm³/mol. The number of aliphatic carboxylic acids is 1. The number of carbonyl (C=O) groups is 2. The van der Waals surface area contributed by atoms with Crippen LogP contribution in [0.25, 0.3) is 0 Å². The Labute approximate surface area is 120 Å². The number of amides is 2. The molecule has 9 heteroatoms.